The molecular weight excluding hydrogens is 433 g/mol. The minimum absolute atomic E-state index is 0.0231. The van der Waals surface area contributed by atoms with Crippen molar-refractivity contribution in [3.8, 4) is 0 Å². The number of nitrogens with zero attached hydrogens (tertiary/aromatic N) is 3. The summed E-state index contributed by atoms with van der Waals surface area (Å²) in [7, 11) is 1.44. The second-order valence-corrected chi connectivity index (χ2v) is 7.11. The molecule has 146 valence electrons. The molecule has 0 aliphatic rings. The lowest BCUT2D eigenvalue weighted by Crippen LogP contribution is -2.40. The summed E-state index contributed by atoms with van der Waals surface area (Å²) in [6.07, 6.45) is 0. The van der Waals surface area contributed by atoms with Gasteiger partial charge in [0, 0.05) is 22.8 Å². The predicted molar refractivity (Wildman–Crippen MR) is 105 cm³/mol. The van der Waals surface area contributed by atoms with Crippen LogP contribution in [0.3, 0.4) is 0 Å². The van der Waals surface area contributed by atoms with Crippen molar-refractivity contribution in [2.24, 2.45) is 7.05 Å². The number of carbonyl (C=O) groups is 1. The summed E-state index contributed by atoms with van der Waals surface area (Å²) in [4.78, 5) is 42.4. The molecule has 0 spiro atoms. The van der Waals surface area contributed by atoms with Crippen molar-refractivity contribution < 1.29 is 13.9 Å². The molecule has 0 amide bonds. The zero-order valence-electron chi connectivity index (χ0n) is 15.5. The highest BCUT2D eigenvalue weighted by Crippen LogP contribution is 2.17. The molecule has 0 aliphatic carbocycles. The summed E-state index contributed by atoms with van der Waals surface area (Å²) in [5.41, 5.74) is -0.662. The lowest BCUT2D eigenvalue weighted by molar-refractivity contribution is 0.0528. The highest BCUT2D eigenvalue weighted by atomic mass is 79.9. The van der Waals surface area contributed by atoms with E-state index >= 15 is 0 Å². The highest BCUT2D eigenvalue weighted by molar-refractivity contribution is 9.10. The van der Waals surface area contributed by atoms with Crippen LogP contribution in [-0.4, -0.2) is 26.7 Å². The number of rotatable bonds is 4. The number of carbonyl (C=O) groups excluding carboxylic acids is 1. The highest BCUT2D eigenvalue weighted by Gasteiger charge is 2.21. The number of pyridine rings is 1. The fraction of sp³-hybridized carbons (Fsp3) is 0.263. The molecule has 9 heteroatoms. The van der Waals surface area contributed by atoms with Crippen molar-refractivity contribution in [3.05, 3.63) is 72.2 Å². The number of halogens is 2. The van der Waals surface area contributed by atoms with Crippen molar-refractivity contribution in [1.29, 1.82) is 0 Å². The third kappa shape index (κ3) is 3.49. The Morgan fingerprint density at radius 2 is 2.00 bits per heavy atom. The fourth-order valence-corrected chi connectivity index (χ4v) is 3.27. The van der Waals surface area contributed by atoms with Crippen LogP contribution in [0.15, 0.2) is 38.3 Å². The Labute approximate surface area is 167 Å². The molecule has 2 aromatic heterocycles. The lowest BCUT2D eigenvalue weighted by Gasteiger charge is -2.13. The molecule has 0 saturated carbocycles. The molecule has 2 heterocycles. The van der Waals surface area contributed by atoms with Crippen LogP contribution in [-0.2, 0) is 18.3 Å². The zero-order valence-corrected chi connectivity index (χ0v) is 17.0. The Bertz CT molecular complexity index is 1220. The first-order valence-corrected chi connectivity index (χ1v) is 9.26. The molecule has 3 aromatic rings. The van der Waals surface area contributed by atoms with Crippen LogP contribution in [0, 0.1) is 12.7 Å². The summed E-state index contributed by atoms with van der Waals surface area (Å²) >= 11 is 3.17. The molecule has 0 fully saturated rings. The summed E-state index contributed by atoms with van der Waals surface area (Å²) < 4.78 is 21.9. The Kier molecular flexibility index (Phi) is 5.46. The van der Waals surface area contributed by atoms with Crippen LogP contribution < -0.4 is 11.2 Å². The van der Waals surface area contributed by atoms with Gasteiger partial charge in [-0.05, 0) is 32.0 Å². The van der Waals surface area contributed by atoms with E-state index < -0.39 is 23.0 Å². The second-order valence-electron chi connectivity index (χ2n) is 6.20. The molecule has 0 atom stereocenters. The maximum Gasteiger partial charge on any atom is 0.339 e. The first-order valence-electron chi connectivity index (χ1n) is 8.46. The van der Waals surface area contributed by atoms with E-state index in [-0.39, 0.29) is 35.3 Å². The standard InChI is InChI=1S/C19H17BrFN3O4/c1-4-28-18(26)13-7-10(2)22-16-15(13)17(25)24(19(27)23(16)3)9-11-5-6-12(20)8-14(11)21/h5-8H,4,9H2,1-3H3. The summed E-state index contributed by atoms with van der Waals surface area (Å²) in [5, 5.41) is -0.0383. The first kappa shape index (κ1) is 19.9. The zero-order chi connectivity index (χ0) is 20.6. The van der Waals surface area contributed by atoms with Gasteiger partial charge in [-0.15, -0.1) is 0 Å². The molecule has 0 N–H and O–H groups in total. The van der Waals surface area contributed by atoms with Crippen LogP contribution in [0.25, 0.3) is 11.0 Å². The van der Waals surface area contributed by atoms with E-state index in [1.807, 2.05) is 0 Å². The molecule has 3 rings (SSSR count). The maximum atomic E-state index is 14.2. The van der Waals surface area contributed by atoms with Crippen LogP contribution in [0.1, 0.15) is 28.5 Å². The van der Waals surface area contributed by atoms with Crippen molar-refractivity contribution in [2.45, 2.75) is 20.4 Å². The molecule has 7 nitrogen and oxygen atoms in total. The van der Waals surface area contributed by atoms with Crippen LogP contribution >= 0.6 is 15.9 Å². The molecule has 0 bridgehead atoms. The predicted octanol–water partition coefficient (Wildman–Crippen LogP) is 2.53. The van der Waals surface area contributed by atoms with Gasteiger partial charge in [0.05, 0.1) is 24.1 Å². The van der Waals surface area contributed by atoms with Gasteiger partial charge in [-0.3, -0.25) is 13.9 Å². The third-order valence-corrected chi connectivity index (χ3v) is 4.76. The number of ether oxygens (including phenoxy) is 1. The van der Waals surface area contributed by atoms with E-state index in [1.54, 1.807) is 19.9 Å². The Balaban J connectivity index is 2.32. The normalized spacial score (nSPS) is 11.0. The molecular formula is C19H17BrFN3O4. The molecule has 0 radical (unpaired) electrons. The Morgan fingerprint density at radius 3 is 2.64 bits per heavy atom. The number of benzene rings is 1. The Morgan fingerprint density at radius 1 is 1.29 bits per heavy atom. The SMILES string of the molecule is CCOC(=O)c1cc(C)nc2c1c(=O)n(Cc1ccc(Br)cc1F)c(=O)n2C. The Hall–Kier alpha value is -2.81. The van der Waals surface area contributed by atoms with Gasteiger partial charge in [-0.25, -0.2) is 19.0 Å². The topological polar surface area (TPSA) is 83.2 Å². The summed E-state index contributed by atoms with van der Waals surface area (Å²) in [6, 6.07) is 5.79. The van der Waals surface area contributed by atoms with Crippen molar-refractivity contribution in [2.75, 3.05) is 6.61 Å². The minimum atomic E-state index is -0.726. The van der Waals surface area contributed by atoms with E-state index in [1.165, 1.54) is 29.8 Å². The monoisotopic (exact) mass is 449 g/mol. The first-order chi connectivity index (χ1) is 13.2. The molecule has 0 aliphatic heterocycles. The lowest BCUT2D eigenvalue weighted by atomic mass is 10.1. The molecule has 0 saturated heterocycles. The third-order valence-electron chi connectivity index (χ3n) is 4.26. The van der Waals surface area contributed by atoms with E-state index in [9.17, 15) is 18.8 Å². The smallest absolute Gasteiger partial charge is 0.339 e. The van der Waals surface area contributed by atoms with E-state index in [0.29, 0.717) is 10.2 Å². The van der Waals surface area contributed by atoms with Crippen molar-refractivity contribution in [1.82, 2.24) is 14.1 Å². The molecule has 1 aromatic carbocycles. The van der Waals surface area contributed by atoms with Gasteiger partial charge in [0.25, 0.3) is 5.56 Å². The van der Waals surface area contributed by atoms with Gasteiger partial charge < -0.3 is 4.74 Å². The number of hydrogen-bond donors (Lipinski definition) is 0. The van der Waals surface area contributed by atoms with Crippen LogP contribution in [0.5, 0.6) is 0 Å². The van der Waals surface area contributed by atoms with Gasteiger partial charge >= 0.3 is 11.7 Å². The van der Waals surface area contributed by atoms with Gasteiger partial charge in [-0.1, -0.05) is 22.0 Å². The molecule has 28 heavy (non-hydrogen) atoms. The largest absolute Gasteiger partial charge is 0.462 e. The van der Waals surface area contributed by atoms with E-state index in [4.69, 9.17) is 4.74 Å². The maximum absolute atomic E-state index is 14.2. The minimum Gasteiger partial charge on any atom is -0.462 e. The average Bonchev–Trinajstić information content (AvgIpc) is 2.64. The van der Waals surface area contributed by atoms with E-state index in [2.05, 4.69) is 20.9 Å². The van der Waals surface area contributed by atoms with Gasteiger partial charge in [0.2, 0.25) is 0 Å². The van der Waals surface area contributed by atoms with E-state index in [0.717, 1.165) is 4.57 Å². The number of esters is 1. The van der Waals surface area contributed by atoms with Crippen molar-refractivity contribution in [3.63, 3.8) is 0 Å². The van der Waals surface area contributed by atoms with Gasteiger partial charge in [-0.2, -0.15) is 0 Å². The molecule has 0 unspecified atom stereocenters. The number of fused-ring (bicyclic) bond motifs is 1. The number of aryl methyl sites for hydroxylation is 2. The number of aromatic nitrogens is 3. The van der Waals surface area contributed by atoms with Crippen LogP contribution in [0.2, 0.25) is 0 Å². The van der Waals surface area contributed by atoms with Gasteiger partial charge in [0.15, 0.2) is 0 Å². The van der Waals surface area contributed by atoms with Crippen LogP contribution in [0.4, 0.5) is 4.39 Å². The second kappa shape index (κ2) is 7.67. The van der Waals surface area contributed by atoms with Gasteiger partial charge in [0.1, 0.15) is 11.5 Å². The average molecular weight is 450 g/mol. The van der Waals surface area contributed by atoms with Crippen molar-refractivity contribution >= 4 is 32.9 Å². The number of hydrogen-bond acceptors (Lipinski definition) is 5. The quantitative estimate of drug-likeness (QED) is 0.571. The summed E-state index contributed by atoms with van der Waals surface area (Å²) in [5.74, 6) is -1.24. The fourth-order valence-electron chi connectivity index (χ4n) is 2.93. The summed E-state index contributed by atoms with van der Waals surface area (Å²) in [6.45, 7) is 3.15.